The molecule has 0 unspecified atom stereocenters. The number of carboxylic acids is 1. The molecule has 1 amide bonds. The van der Waals surface area contributed by atoms with Gasteiger partial charge >= 0.3 is 5.97 Å². The largest absolute Gasteiger partial charge is 0.481 e. The van der Waals surface area contributed by atoms with E-state index < -0.39 is 59.8 Å². The minimum atomic E-state index is -1.28. The zero-order valence-electron chi connectivity index (χ0n) is 24.0. The van der Waals surface area contributed by atoms with Gasteiger partial charge in [0.1, 0.15) is 29.0 Å². The standard InChI is InChI=1S/C33H32F4N2O5/c1-18(2)39-28(14-12-24(40)16-25(41)17-29(42)43)30(19-3-7-21(34)8-4-19)31(20-5-9-22(35)10-6-20)32(39)33(44)38-27-13-11-23(36)15-26(27)37/h3-11,13,15,18,24-25,40-41H,12,14,16-17H2,1-2H3,(H,38,44)(H,42,43)/t24-,25-/m1/s1. The van der Waals surface area contributed by atoms with Crippen LogP contribution in [0.3, 0.4) is 0 Å². The lowest BCUT2D eigenvalue weighted by molar-refractivity contribution is -0.139. The zero-order valence-corrected chi connectivity index (χ0v) is 24.0. The van der Waals surface area contributed by atoms with E-state index in [1.807, 2.05) is 0 Å². The van der Waals surface area contributed by atoms with Crippen LogP contribution < -0.4 is 5.32 Å². The average Bonchev–Trinajstić information content (AvgIpc) is 3.29. The fourth-order valence-corrected chi connectivity index (χ4v) is 5.29. The molecule has 4 aromatic rings. The predicted octanol–water partition coefficient (Wildman–Crippen LogP) is 6.73. The lowest BCUT2D eigenvalue weighted by Crippen LogP contribution is -2.23. The van der Waals surface area contributed by atoms with Crippen LogP contribution in [0.25, 0.3) is 22.3 Å². The molecule has 0 aliphatic heterocycles. The van der Waals surface area contributed by atoms with E-state index in [4.69, 9.17) is 5.11 Å². The molecule has 0 bridgehead atoms. The van der Waals surface area contributed by atoms with Crippen LogP contribution in [-0.4, -0.2) is 44.0 Å². The number of rotatable bonds is 12. The van der Waals surface area contributed by atoms with Gasteiger partial charge < -0.3 is 25.2 Å². The number of carbonyl (C=O) groups excluding carboxylic acids is 1. The maximum Gasteiger partial charge on any atom is 0.305 e. The number of nitrogens with one attached hydrogen (secondary N) is 1. The summed E-state index contributed by atoms with van der Waals surface area (Å²) < 4.78 is 57.9. The fourth-order valence-electron chi connectivity index (χ4n) is 5.29. The SMILES string of the molecule is CC(C)n1c(CC[C@@H](O)C[C@@H](O)CC(=O)O)c(-c2ccc(F)cc2)c(-c2ccc(F)cc2)c1C(=O)Nc1ccc(F)cc1F. The van der Waals surface area contributed by atoms with Gasteiger partial charge in [-0.2, -0.15) is 0 Å². The number of hydrogen-bond donors (Lipinski definition) is 4. The van der Waals surface area contributed by atoms with Crippen molar-refractivity contribution in [2.75, 3.05) is 5.32 Å². The number of benzene rings is 3. The Morgan fingerprint density at radius 2 is 1.34 bits per heavy atom. The number of carbonyl (C=O) groups is 2. The van der Waals surface area contributed by atoms with Crippen LogP contribution in [0, 0.1) is 23.3 Å². The number of carboxylic acid groups (broad SMARTS) is 1. The van der Waals surface area contributed by atoms with Crippen LogP contribution in [0.15, 0.2) is 66.7 Å². The van der Waals surface area contributed by atoms with Gasteiger partial charge in [0.15, 0.2) is 0 Å². The fraction of sp³-hybridized carbons (Fsp3) is 0.273. The maximum atomic E-state index is 14.6. The van der Waals surface area contributed by atoms with Crippen molar-refractivity contribution >= 4 is 17.6 Å². The highest BCUT2D eigenvalue weighted by Gasteiger charge is 2.31. The number of amides is 1. The van der Waals surface area contributed by atoms with Crippen molar-refractivity contribution in [2.45, 2.75) is 57.8 Å². The number of aliphatic hydroxyl groups is 2. The van der Waals surface area contributed by atoms with E-state index in [0.29, 0.717) is 34.0 Å². The van der Waals surface area contributed by atoms with Gasteiger partial charge in [0.05, 0.1) is 24.3 Å². The van der Waals surface area contributed by atoms with Crippen molar-refractivity contribution in [3.63, 3.8) is 0 Å². The van der Waals surface area contributed by atoms with Crippen LogP contribution >= 0.6 is 0 Å². The monoisotopic (exact) mass is 612 g/mol. The highest BCUT2D eigenvalue weighted by molar-refractivity contribution is 6.11. The van der Waals surface area contributed by atoms with Crippen LogP contribution in [0.4, 0.5) is 23.2 Å². The lowest BCUT2D eigenvalue weighted by atomic mass is 9.92. The Balaban J connectivity index is 1.93. The summed E-state index contributed by atoms with van der Waals surface area (Å²) in [7, 11) is 0. The molecule has 4 N–H and O–H groups in total. The van der Waals surface area contributed by atoms with E-state index in [2.05, 4.69) is 5.32 Å². The van der Waals surface area contributed by atoms with E-state index in [1.165, 1.54) is 48.5 Å². The summed E-state index contributed by atoms with van der Waals surface area (Å²) >= 11 is 0. The molecule has 232 valence electrons. The molecule has 1 heterocycles. The molecule has 2 atom stereocenters. The summed E-state index contributed by atoms with van der Waals surface area (Å²) in [6, 6.07) is 13.2. The Kier molecular flexibility index (Phi) is 10.2. The molecule has 3 aromatic carbocycles. The topological polar surface area (TPSA) is 112 Å². The van der Waals surface area contributed by atoms with Crippen LogP contribution in [0.2, 0.25) is 0 Å². The molecule has 0 aliphatic rings. The summed E-state index contributed by atoms with van der Waals surface area (Å²) in [5.41, 5.74) is 2.06. The third-order valence-electron chi connectivity index (χ3n) is 7.15. The van der Waals surface area contributed by atoms with Crippen molar-refractivity contribution < 1.29 is 42.5 Å². The first-order chi connectivity index (χ1) is 20.8. The first kappa shape index (κ1) is 32.4. The predicted molar refractivity (Wildman–Crippen MR) is 157 cm³/mol. The second-order valence-electron chi connectivity index (χ2n) is 10.8. The van der Waals surface area contributed by atoms with Crippen LogP contribution in [-0.2, 0) is 11.2 Å². The molecule has 1 aromatic heterocycles. The van der Waals surface area contributed by atoms with Crippen molar-refractivity contribution in [3.8, 4) is 22.3 Å². The third-order valence-corrected chi connectivity index (χ3v) is 7.15. The minimum absolute atomic E-state index is 0.0537. The number of aliphatic carboxylic acids is 1. The van der Waals surface area contributed by atoms with E-state index in [9.17, 15) is 37.4 Å². The van der Waals surface area contributed by atoms with E-state index >= 15 is 0 Å². The third kappa shape index (κ3) is 7.53. The molecule has 0 spiro atoms. The number of anilines is 1. The second kappa shape index (κ2) is 13.9. The van der Waals surface area contributed by atoms with Gasteiger partial charge in [-0.3, -0.25) is 9.59 Å². The summed E-state index contributed by atoms with van der Waals surface area (Å²) in [5, 5.41) is 32.2. The molecule has 0 saturated carbocycles. The second-order valence-corrected chi connectivity index (χ2v) is 10.8. The van der Waals surface area contributed by atoms with Gasteiger partial charge in [-0.15, -0.1) is 0 Å². The molecular formula is C33H32F4N2O5. The van der Waals surface area contributed by atoms with E-state index in [0.717, 1.165) is 12.1 Å². The van der Waals surface area contributed by atoms with Gasteiger partial charge in [-0.25, -0.2) is 17.6 Å². The average molecular weight is 613 g/mol. The summed E-state index contributed by atoms with van der Waals surface area (Å²) in [6.07, 6.45) is -2.96. The Morgan fingerprint density at radius 1 is 0.795 bits per heavy atom. The van der Waals surface area contributed by atoms with Gasteiger partial charge in [0, 0.05) is 28.9 Å². The van der Waals surface area contributed by atoms with Crippen molar-refractivity contribution in [1.82, 2.24) is 4.57 Å². The zero-order chi connectivity index (χ0) is 32.1. The number of aromatic nitrogens is 1. The van der Waals surface area contributed by atoms with E-state index in [-0.39, 0.29) is 30.6 Å². The number of halogens is 4. The molecule has 0 fully saturated rings. The first-order valence-electron chi connectivity index (χ1n) is 14.0. The highest BCUT2D eigenvalue weighted by Crippen LogP contribution is 2.43. The molecule has 4 rings (SSSR count). The first-order valence-corrected chi connectivity index (χ1v) is 14.0. The number of hydrogen-bond acceptors (Lipinski definition) is 4. The van der Waals surface area contributed by atoms with Gasteiger partial charge in [0.2, 0.25) is 0 Å². The molecular weight excluding hydrogens is 580 g/mol. The van der Waals surface area contributed by atoms with Crippen LogP contribution in [0.1, 0.15) is 55.3 Å². The van der Waals surface area contributed by atoms with Crippen molar-refractivity contribution in [1.29, 1.82) is 0 Å². The quantitative estimate of drug-likeness (QED) is 0.133. The number of nitrogens with zero attached hydrogens (tertiary/aromatic N) is 1. The molecule has 0 aliphatic carbocycles. The summed E-state index contributed by atoms with van der Waals surface area (Å²) in [6.45, 7) is 3.60. The maximum absolute atomic E-state index is 14.6. The molecule has 0 radical (unpaired) electrons. The Morgan fingerprint density at radius 3 is 1.86 bits per heavy atom. The molecule has 0 saturated heterocycles. The minimum Gasteiger partial charge on any atom is -0.481 e. The van der Waals surface area contributed by atoms with Crippen molar-refractivity contribution in [2.24, 2.45) is 0 Å². The molecule has 7 nitrogen and oxygen atoms in total. The summed E-state index contributed by atoms with van der Waals surface area (Å²) in [4.78, 5) is 25.0. The Labute approximate surface area is 251 Å². The van der Waals surface area contributed by atoms with Gasteiger partial charge in [0.25, 0.3) is 5.91 Å². The highest BCUT2D eigenvalue weighted by atomic mass is 19.1. The summed E-state index contributed by atoms with van der Waals surface area (Å²) in [5.74, 6) is -4.82. The molecule has 44 heavy (non-hydrogen) atoms. The Hall–Kier alpha value is -4.48. The van der Waals surface area contributed by atoms with Crippen LogP contribution in [0.5, 0.6) is 0 Å². The van der Waals surface area contributed by atoms with Gasteiger partial charge in [-0.05, 0) is 80.6 Å². The Bertz CT molecular complexity index is 1640. The lowest BCUT2D eigenvalue weighted by Gasteiger charge is -2.20. The van der Waals surface area contributed by atoms with Gasteiger partial charge in [-0.1, -0.05) is 24.3 Å². The number of aliphatic hydroxyl groups excluding tert-OH is 2. The normalized spacial score (nSPS) is 12.8. The van der Waals surface area contributed by atoms with Crippen molar-refractivity contribution in [3.05, 3.63) is 101 Å². The molecule has 11 heteroatoms. The van der Waals surface area contributed by atoms with E-state index in [1.54, 1.807) is 18.4 Å². The smallest absolute Gasteiger partial charge is 0.305 e.